The highest BCUT2D eigenvalue weighted by Crippen LogP contribution is 2.56. The Bertz CT molecular complexity index is 1440. The number of nitrogens with one attached hydrogen (secondary N) is 2. The summed E-state index contributed by atoms with van der Waals surface area (Å²) >= 11 is 5.90. The second kappa shape index (κ2) is 10.1. The van der Waals surface area contributed by atoms with Crippen LogP contribution >= 0.6 is 11.6 Å². The van der Waals surface area contributed by atoms with Gasteiger partial charge in [-0.2, -0.15) is 5.26 Å². The van der Waals surface area contributed by atoms with Gasteiger partial charge in [0.05, 0.1) is 17.3 Å². The molecular formula is C28H26ClFN6O2. The molecule has 2 aliphatic rings. The van der Waals surface area contributed by atoms with Gasteiger partial charge >= 0.3 is 6.03 Å². The van der Waals surface area contributed by atoms with Crippen LogP contribution in [0.15, 0.2) is 66.7 Å². The summed E-state index contributed by atoms with van der Waals surface area (Å²) in [5.74, 6) is -1.23. The molecule has 194 valence electrons. The Morgan fingerprint density at radius 3 is 2.61 bits per heavy atom. The number of carbonyl (C=O) groups is 2. The van der Waals surface area contributed by atoms with Gasteiger partial charge in [-0.25, -0.2) is 9.18 Å². The van der Waals surface area contributed by atoms with Crippen molar-refractivity contribution in [1.29, 1.82) is 5.26 Å². The van der Waals surface area contributed by atoms with E-state index in [4.69, 9.17) is 23.1 Å². The molecule has 1 saturated carbocycles. The summed E-state index contributed by atoms with van der Waals surface area (Å²) in [5, 5.41) is 15.1. The van der Waals surface area contributed by atoms with Crippen LogP contribution in [0.25, 0.3) is 0 Å². The van der Waals surface area contributed by atoms with Gasteiger partial charge in [-0.3, -0.25) is 4.79 Å². The van der Waals surface area contributed by atoms with Crippen LogP contribution in [0, 0.1) is 17.1 Å². The van der Waals surface area contributed by atoms with Gasteiger partial charge in [-0.15, -0.1) is 0 Å². The van der Waals surface area contributed by atoms with Gasteiger partial charge in [-0.05, 0) is 72.5 Å². The second-order valence-electron chi connectivity index (χ2n) is 9.82. The van der Waals surface area contributed by atoms with Crippen molar-refractivity contribution in [3.8, 4) is 6.07 Å². The number of urea groups is 1. The maximum atomic E-state index is 14.8. The molecule has 3 amide bonds. The summed E-state index contributed by atoms with van der Waals surface area (Å²) in [6, 6.07) is 18.6. The number of nitrogens with zero attached hydrogens (tertiary/aromatic N) is 2. The zero-order valence-electron chi connectivity index (χ0n) is 20.3. The fourth-order valence-electron chi connectivity index (χ4n) is 5.03. The van der Waals surface area contributed by atoms with Gasteiger partial charge in [0.25, 0.3) is 0 Å². The van der Waals surface area contributed by atoms with Crippen LogP contribution in [-0.4, -0.2) is 35.5 Å². The summed E-state index contributed by atoms with van der Waals surface area (Å²) in [7, 11) is 0. The monoisotopic (exact) mass is 532 g/mol. The second-order valence-corrected chi connectivity index (χ2v) is 10.3. The number of nitriles is 1. The first-order valence-electron chi connectivity index (χ1n) is 12.2. The molecule has 0 aromatic heterocycles. The summed E-state index contributed by atoms with van der Waals surface area (Å²) in [4.78, 5) is 27.5. The molecule has 1 heterocycles. The smallest absolute Gasteiger partial charge is 0.322 e. The molecule has 10 heteroatoms. The molecule has 3 aromatic rings. The van der Waals surface area contributed by atoms with E-state index in [1.165, 1.54) is 11.0 Å². The van der Waals surface area contributed by atoms with Crippen LogP contribution < -0.4 is 22.1 Å². The van der Waals surface area contributed by atoms with Crippen molar-refractivity contribution in [1.82, 2.24) is 4.90 Å². The highest BCUT2D eigenvalue weighted by molar-refractivity contribution is 6.30. The summed E-state index contributed by atoms with van der Waals surface area (Å²) in [6.45, 7) is 0.180. The number of hydrogen-bond acceptors (Lipinski definition) is 5. The number of amides is 3. The number of halogens is 2. The fourth-order valence-corrected chi connectivity index (χ4v) is 5.16. The van der Waals surface area contributed by atoms with Crippen LogP contribution in [-0.2, 0) is 10.3 Å². The van der Waals surface area contributed by atoms with E-state index >= 15 is 0 Å². The minimum atomic E-state index is -0.872. The first kappa shape index (κ1) is 25.7. The summed E-state index contributed by atoms with van der Waals surface area (Å²) < 4.78 is 14.8. The Morgan fingerprint density at radius 2 is 1.87 bits per heavy atom. The fraction of sp³-hybridized carbons (Fsp3) is 0.250. The zero-order valence-corrected chi connectivity index (χ0v) is 21.1. The molecule has 5 rings (SSSR count). The van der Waals surface area contributed by atoms with E-state index in [-0.39, 0.29) is 24.6 Å². The number of carbonyl (C=O) groups excluding carboxylic acids is 2. The molecule has 4 atom stereocenters. The largest absolute Gasteiger partial charge is 0.326 e. The van der Waals surface area contributed by atoms with Gasteiger partial charge < -0.3 is 27.0 Å². The van der Waals surface area contributed by atoms with E-state index in [0.717, 1.165) is 11.1 Å². The Kier molecular flexibility index (Phi) is 6.80. The predicted octanol–water partition coefficient (Wildman–Crippen LogP) is 4.26. The minimum Gasteiger partial charge on any atom is -0.326 e. The molecule has 0 spiro atoms. The van der Waals surface area contributed by atoms with Crippen LogP contribution in [0.5, 0.6) is 0 Å². The Morgan fingerprint density at radius 1 is 1.11 bits per heavy atom. The van der Waals surface area contributed by atoms with Gasteiger partial charge in [0.1, 0.15) is 11.9 Å². The van der Waals surface area contributed by atoms with E-state index in [0.29, 0.717) is 22.7 Å². The highest BCUT2D eigenvalue weighted by Gasteiger charge is 2.53. The van der Waals surface area contributed by atoms with Gasteiger partial charge in [0.15, 0.2) is 0 Å². The van der Waals surface area contributed by atoms with Crippen molar-refractivity contribution in [2.24, 2.45) is 11.5 Å². The van der Waals surface area contributed by atoms with E-state index in [2.05, 4.69) is 16.7 Å². The number of nitrogens with two attached hydrogens (primary N) is 2. The molecular weight excluding hydrogens is 507 g/mol. The van der Waals surface area contributed by atoms with Crippen LogP contribution in [0.1, 0.15) is 35.4 Å². The standard InChI is InChI=1S/C28H26ClFN6O2/c29-19-5-7-21(8-6-19)34-27(38)36-15-20(32)12-25(36)26(37)35-24-11-17(4-9-23(24)30)22-13-28(22,33)18-3-1-2-16(10-18)14-31/h1-11,20,22,25H,12-13,15,32-33H2,(H,34,38)(H,35,37)/t20-,22?,25+,28?/m0/s1. The Labute approximate surface area is 224 Å². The first-order chi connectivity index (χ1) is 18.2. The predicted molar refractivity (Wildman–Crippen MR) is 143 cm³/mol. The number of likely N-dealkylation sites (tertiary alicyclic amines) is 1. The third-order valence-corrected chi connectivity index (χ3v) is 7.43. The Balaban J connectivity index is 1.30. The topological polar surface area (TPSA) is 137 Å². The number of benzene rings is 3. The molecule has 3 aromatic carbocycles. The van der Waals surface area contributed by atoms with E-state index in [1.54, 1.807) is 54.6 Å². The normalized spacial score (nSPS) is 24.0. The molecule has 8 nitrogen and oxygen atoms in total. The Hall–Kier alpha value is -3.97. The van der Waals surface area contributed by atoms with Gasteiger partial charge in [-0.1, -0.05) is 29.8 Å². The highest BCUT2D eigenvalue weighted by atomic mass is 35.5. The minimum absolute atomic E-state index is 0.00561. The zero-order chi connectivity index (χ0) is 27.0. The SMILES string of the molecule is N#Cc1cccc(C2(N)CC2c2ccc(F)c(NC(=O)[C@H]3C[C@H](N)CN3C(=O)Nc3ccc(Cl)cc3)c2)c1. The molecule has 0 radical (unpaired) electrons. The van der Waals surface area contributed by atoms with Gasteiger partial charge in [0, 0.05) is 34.8 Å². The van der Waals surface area contributed by atoms with Crippen molar-refractivity contribution in [2.75, 3.05) is 17.2 Å². The maximum absolute atomic E-state index is 14.8. The molecule has 1 saturated heterocycles. The molecule has 6 N–H and O–H groups in total. The van der Waals surface area contributed by atoms with Crippen LogP contribution in [0.2, 0.25) is 5.02 Å². The number of hydrogen-bond donors (Lipinski definition) is 4. The lowest BCUT2D eigenvalue weighted by molar-refractivity contribution is -0.119. The number of anilines is 2. The molecule has 2 fully saturated rings. The van der Waals surface area contributed by atoms with Crippen molar-refractivity contribution in [2.45, 2.75) is 36.4 Å². The lowest BCUT2D eigenvalue weighted by Gasteiger charge is -2.24. The van der Waals surface area contributed by atoms with E-state index in [1.807, 2.05) is 6.07 Å². The number of rotatable bonds is 5. The molecule has 38 heavy (non-hydrogen) atoms. The molecule has 0 bridgehead atoms. The van der Waals surface area contributed by atoms with E-state index in [9.17, 15) is 19.2 Å². The lowest BCUT2D eigenvalue weighted by Crippen LogP contribution is -2.45. The first-order valence-corrected chi connectivity index (χ1v) is 12.5. The summed E-state index contributed by atoms with van der Waals surface area (Å²) in [6.07, 6.45) is 0.863. The summed E-state index contributed by atoms with van der Waals surface area (Å²) in [5.41, 5.74) is 14.7. The van der Waals surface area contributed by atoms with Gasteiger partial charge in [0.2, 0.25) is 5.91 Å². The third-order valence-electron chi connectivity index (χ3n) is 7.18. The molecule has 1 aliphatic carbocycles. The quantitative estimate of drug-likeness (QED) is 0.389. The average Bonchev–Trinajstić information content (AvgIpc) is 3.45. The van der Waals surface area contributed by atoms with Crippen LogP contribution in [0.4, 0.5) is 20.6 Å². The third kappa shape index (κ3) is 5.07. The maximum Gasteiger partial charge on any atom is 0.322 e. The van der Waals surface area contributed by atoms with Crippen molar-refractivity contribution in [3.05, 3.63) is 94.3 Å². The molecule has 1 aliphatic heterocycles. The lowest BCUT2D eigenvalue weighted by atomic mass is 9.97. The molecule has 2 unspecified atom stereocenters. The average molecular weight is 533 g/mol. The van der Waals surface area contributed by atoms with Crippen molar-refractivity contribution < 1.29 is 14.0 Å². The van der Waals surface area contributed by atoms with Crippen molar-refractivity contribution >= 4 is 34.9 Å². The van der Waals surface area contributed by atoms with Crippen molar-refractivity contribution in [3.63, 3.8) is 0 Å². The van der Waals surface area contributed by atoms with Crippen LogP contribution in [0.3, 0.4) is 0 Å². The van der Waals surface area contributed by atoms with E-state index < -0.39 is 35.4 Å².